The molecule has 4 nitrogen and oxygen atoms in total. The Bertz CT molecular complexity index is 562. The minimum atomic E-state index is -0.589. The number of halogens is 1. The Hall–Kier alpha value is -2.43. The molecule has 17 heavy (non-hydrogen) atoms. The molecule has 0 saturated heterocycles. The van der Waals surface area contributed by atoms with Crippen LogP contribution >= 0.6 is 0 Å². The van der Waals surface area contributed by atoms with Gasteiger partial charge >= 0.3 is 0 Å². The van der Waals surface area contributed by atoms with Gasteiger partial charge in [-0.15, -0.1) is 0 Å². The summed E-state index contributed by atoms with van der Waals surface area (Å²) in [5.41, 5.74) is 0.0502. The highest BCUT2D eigenvalue weighted by Crippen LogP contribution is 2.19. The summed E-state index contributed by atoms with van der Waals surface area (Å²) in [7, 11) is 0. The number of imidazole rings is 1. The molecule has 0 aliphatic heterocycles. The van der Waals surface area contributed by atoms with Crippen LogP contribution in [0.5, 0.6) is 5.75 Å². The van der Waals surface area contributed by atoms with Gasteiger partial charge < -0.3 is 10.1 Å². The Morgan fingerprint density at radius 3 is 2.94 bits per heavy atom. The van der Waals surface area contributed by atoms with E-state index < -0.39 is 11.6 Å². The predicted molar refractivity (Wildman–Crippen MR) is 60.0 cm³/mol. The molecule has 0 unspecified atom stereocenters. The van der Waals surface area contributed by atoms with Crippen LogP contribution in [0.2, 0.25) is 0 Å². The maximum absolute atomic E-state index is 12.7. The summed E-state index contributed by atoms with van der Waals surface area (Å²) in [6.07, 6.45) is 5.91. The van der Waals surface area contributed by atoms with Crippen LogP contribution < -0.4 is 0 Å². The van der Waals surface area contributed by atoms with Crippen LogP contribution in [-0.2, 0) is 0 Å². The van der Waals surface area contributed by atoms with Crippen LogP contribution in [0.15, 0.2) is 36.7 Å². The minimum Gasteiger partial charge on any atom is -0.507 e. The number of aromatic nitrogens is 2. The lowest BCUT2D eigenvalue weighted by Crippen LogP contribution is -1.95. The van der Waals surface area contributed by atoms with Gasteiger partial charge in [0.25, 0.3) is 0 Å². The molecular formula is C12H9FN2O2. The van der Waals surface area contributed by atoms with E-state index in [1.807, 2.05) is 0 Å². The van der Waals surface area contributed by atoms with E-state index in [0.717, 1.165) is 12.1 Å². The Morgan fingerprint density at radius 1 is 1.47 bits per heavy atom. The maximum atomic E-state index is 12.7. The first-order chi connectivity index (χ1) is 8.16. The molecule has 0 fully saturated rings. The van der Waals surface area contributed by atoms with Gasteiger partial charge in [-0.3, -0.25) is 4.79 Å². The molecule has 2 N–H and O–H groups in total. The van der Waals surface area contributed by atoms with Crippen molar-refractivity contribution in [1.82, 2.24) is 9.97 Å². The summed E-state index contributed by atoms with van der Waals surface area (Å²) in [4.78, 5) is 18.4. The molecule has 2 aromatic rings. The normalized spacial score (nSPS) is 10.9. The van der Waals surface area contributed by atoms with Crippen molar-refractivity contribution in [3.8, 4) is 5.75 Å². The number of allylic oxidation sites excluding steroid dienone is 1. The van der Waals surface area contributed by atoms with Crippen LogP contribution in [0.1, 0.15) is 16.2 Å². The fraction of sp³-hybridized carbons (Fsp3) is 0. The fourth-order valence-electron chi connectivity index (χ4n) is 1.33. The molecule has 0 radical (unpaired) electrons. The molecule has 0 atom stereocenters. The molecule has 2 rings (SSSR count). The monoisotopic (exact) mass is 232 g/mol. The van der Waals surface area contributed by atoms with E-state index in [1.165, 1.54) is 18.2 Å². The number of aromatic hydroxyl groups is 1. The second-order valence-corrected chi connectivity index (χ2v) is 3.33. The van der Waals surface area contributed by atoms with Gasteiger partial charge in [0.05, 0.1) is 5.56 Å². The summed E-state index contributed by atoms with van der Waals surface area (Å²) in [5.74, 6) is -0.855. The van der Waals surface area contributed by atoms with Crippen molar-refractivity contribution >= 4 is 11.9 Å². The zero-order chi connectivity index (χ0) is 12.3. The van der Waals surface area contributed by atoms with Gasteiger partial charge in [0, 0.05) is 18.5 Å². The summed E-state index contributed by atoms with van der Waals surface area (Å²) in [6.45, 7) is 0. The molecule has 1 aromatic carbocycles. The highest BCUT2D eigenvalue weighted by atomic mass is 19.1. The van der Waals surface area contributed by atoms with Gasteiger partial charge in [0.15, 0.2) is 5.78 Å². The lowest BCUT2D eigenvalue weighted by atomic mass is 10.1. The number of nitrogens with one attached hydrogen (secondary N) is 1. The number of hydrogen-bond acceptors (Lipinski definition) is 3. The van der Waals surface area contributed by atoms with E-state index in [0.29, 0.717) is 5.82 Å². The lowest BCUT2D eigenvalue weighted by molar-refractivity contribution is 0.104. The molecule has 1 heterocycles. The third-order valence-corrected chi connectivity index (χ3v) is 2.14. The fourth-order valence-corrected chi connectivity index (χ4v) is 1.33. The summed E-state index contributed by atoms with van der Waals surface area (Å²) in [6, 6.07) is 3.25. The maximum Gasteiger partial charge on any atom is 0.189 e. The van der Waals surface area contributed by atoms with Crippen molar-refractivity contribution in [3.05, 3.63) is 53.9 Å². The van der Waals surface area contributed by atoms with E-state index >= 15 is 0 Å². The topological polar surface area (TPSA) is 66.0 Å². The number of hydrogen-bond donors (Lipinski definition) is 2. The first-order valence-electron chi connectivity index (χ1n) is 4.87. The van der Waals surface area contributed by atoms with Gasteiger partial charge in [-0.2, -0.15) is 0 Å². The molecule has 0 amide bonds. The Labute approximate surface area is 96.4 Å². The Balaban J connectivity index is 2.20. The van der Waals surface area contributed by atoms with Crippen LogP contribution in [0.25, 0.3) is 6.08 Å². The van der Waals surface area contributed by atoms with Crippen molar-refractivity contribution in [2.24, 2.45) is 0 Å². The number of aromatic amines is 1. The third kappa shape index (κ3) is 2.57. The standard InChI is InChI=1S/C12H9FN2O2/c13-8-1-2-9(11(17)7-8)10(16)3-4-12-14-5-6-15-12/h1-7,17H,(H,14,15)/b4-3+. The van der Waals surface area contributed by atoms with Crippen molar-refractivity contribution < 1.29 is 14.3 Å². The van der Waals surface area contributed by atoms with E-state index in [-0.39, 0.29) is 11.3 Å². The van der Waals surface area contributed by atoms with Gasteiger partial charge in [0.1, 0.15) is 17.4 Å². The largest absolute Gasteiger partial charge is 0.507 e. The van der Waals surface area contributed by atoms with Gasteiger partial charge in [-0.1, -0.05) is 0 Å². The van der Waals surface area contributed by atoms with E-state index in [2.05, 4.69) is 9.97 Å². The number of carbonyl (C=O) groups is 1. The number of phenolic OH excluding ortho intramolecular Hbond substituents is 1. The van der Waals surface area contributed by atoms with Gasteiger partial charge in [-0.25, -0.2) is 9.37 Å². The van der Waals surface area contributed by atoms with Crippen LogP contribution in [0.4, 0.5) is 4.39 Å². The average molecular weight is 232 g/mol. The smallest absolute Gasteiger partial charge is 0.189 e. The van der Waals surface area contributed by atoms with Crippen LogP contribution in [0, 0.1) is 5.82 Å². The highest BCUT2D eigenvalue weighted by Gasteiger charge is 2.08. The van der Waals surface area contributed by atoms with Crippen LogP contribution in [0.3, 0.4) is 0 Å². The second kappa shape index (κ2) is 4.61. The Kier molecular flexibility index (Phi) is 3.00. The molecule has 5 heteroatoms. The quantitative estimate of drug-likeness (QED) is 0.629. The van der Waals surface area contributed by atoms with E-state index in [9.17, 15) is 14.3 Å². The third-order valence-electron chi connectivity index (χ3n) is 2.14. The van der Waals surface area contributed by atoms with Crippen molar-refractivity contribution in [2.45, 2.75) is 0 Å². The molecule has 0 saturated carbocycles. The number of carbonyl (C=O) groups excluding carboxylic acids is 1. The molecule has 86 valence electrons. The van der Waals surface area contributed by atoms with Crippen molar-refractivity contribution in [3.63, 3.8) is 0 Å². The summed E-state index contributed by atoms with van der Waals surface area (Å²) >= 11 is 0. The molecule has 0 aliphatic carbocycles. The van der Waals surface area contributed by atoms with Gasteiger partial charge in [-0.05, 0) is 24.3 Å². The molecule has 0 bridgehead atoms. The number of rotatable bonds is 3. The number of ketones is 1. The Morgan fingerprint density at radius 2 is 2.29 bits per heavy atom. The minimum absolute atomic E-state index is 0.0502. The zero-order valence-electron chi connectivity index (χ0n) is 8.72. The zero-order valence-corrected chi connectivity index (χ0v) is 8.72. The lowest BCUT2D eigenvalue weighted by Gasteiger charge is -1.99. The highest BCUT2D eigenvalue weighted by molar-refractivity contribution is 6.08. The van der Waals surface area contributed by atoms with Crippen molar-refractivity contribution in [2.75, 3.05) is 0 Å². The average Bonchev–Trinajstić information content (AvgIpc) is 2.78. The first kappa shape index (κ1) is 11.1. The molecule has 1 aromatic heterocycles. The van der Waals surface area contributed by atoms with Gasteiger partial charge in [0.2, 0.25) is 0 Å². The van der Waals surface area contributed by atoms with E-state index in [4.69, 9.17) is 0 Å². The molecule has 0 spiro atoms. The number of benzene rings is 1. The van der Waals surface area contributed by atoms with Crippen molar-refractivity contribution in [1.29, 1.82) is 0 Å². The SMILES string of the molecule is O=C(/C=C/c1ncc[nH]1)c1ccc(F)cc1O. The first-order valence-corrected chi connectivity index (χ1v) is 4.87. The van der Waals surface area contributed by atoms with Crippen LogP contribution in [-0.4, -0.2) is 20.9 Å². The second-order valence-electron chi connectivity index (χ2n) is 3.33. The number of phenols is 1. The molecule has 0 aliphatic rings. The number of H-pyrrole nitrogens is 1. The molecular weight excluding hydrogens is 223 g/mol. The summed E-state index contributed by atoms with van der Waals surface area (Å²) in [5, 5.41) is 9.40. The summed E-state index contributed by atoms with van der Waals surface area (Å²) < 4.78 is 12.7. The predicted octanol–water partition coefficient (Wildman–Crippen LogP) is 2.15. The van der Waals surface area contributed by atoms with E-state index in [1.54, 1.807) is 12.4 Å². The number of nitrogens with zero attached hydrogens (tertiary/aromatic N) is 1.